The average molecular weight is 295 g/mol. The van der Waals surface area contributed by atoms with Crippen LogP contribution in [0, 0.1) is 0 Å². The maximum atomic E-state index is 5.91. The molecule has 0 saturated heterocycles. The van der Waals surface area contributed by atoms with Gasteiger partial charge in [-0.3, -0.25) is 0 Å². The summed E-state index contributed by atoms with van der Waals surface area (Å²) >= 11 is 5.91. The summed E-state index contributed by atoms with van der Waals surface area (Å²) in [6, 6.07) is 9.20. The fraction of sp³-hybridized carbons (Fsp3) is 0.286. The SMILES string of the molecule is COCc1nc(Cl)cc(OCc2cccc(OC)c2)n1. The summed E-state index contributed by atoms with van der Waals surface area (Å²) in [5.41, 5.74) is 0.979. The van der Waals surface area contributed by atoms with Gasteiger partial charge in [0.2, 0.25) is 5.88 Å². The average Bonchev–Trinajstić information content (AvgIpc) is 2.45. The van der Waals surface area contributed by atoms with Gasteiger partial charge in [0.05, 0.1) is 7.11 Å². The fourth-order valence-electron chi connectivity index (χ4n) is 1.63. The van der Waals surface area contributed by atoms with Crippen molar-refractivity contribution in [1.29, 1.82) is 0 Å². The molecule has 0 unspecified atom stereocenters. The molecule has 0 radical (unpaired) electrons. The molecule has 0 N–H and O–H groups in total. The number of benzene rings is 1. The molecule has 0 atom stereocenters. The first-order valence-electron chi connectivity index (χ1n) is 5.99. The van der Waals surface area contributed by atoms with Crippen LogP contribution >= 0.6 is 11.6 Å². The van der Waals surface area contributed by atoms with Crippen LogP contribution in [0.4, 0.5) is 0 Å². The van der Waals surface area contributed by atoms with E-state index in [0.29, 0.717) is 23.5 Å². The Labute approximate surface area is 122 Å². The molecule has 1 heterocycles. The Kier molecular flexibility index (Phi) is 5.15. The van der Waals surface area contributed by atoms with Crippen LogP contribution in [0.5, 0.6) is 11.6 Å². The summed E-state index contributed by atoms with van der Waals surface area (Å²) in [6.07, 6.45) is 0. The molecule has 0 aliphatic heterocycles. The largest absolute Gasteiger partial charge is 0.497 e. The first-order valence-corrected chi connectivity index (χ1v) is 6.37. The fourth-order valence-corrected chi connectivity index (χ4v) is 1.82. The monoisotopic (exact) mass is 294 g/mol. The molecular weight excluding hydrogens is 280 g/mol. The lowest BCUT2D eigenvalue weighted by Gasteiger charge is -2.08. The lowest BCUT2D eigenvalue weighted by molar-refractivity contribution is 0.176. The zero-order valence-electron chi connectivity index (χ0n) is 11.3. The number of hydrogen-bond donors (Lipinski definition) is 0. The Hall–Kier alpha value is -1.85. The van der Waals surface area contributed by atoms with Crippen molar-refractivity contribution in [1.82, 2.24) is 9.97 Å². The maximum Gasteiger partial charge on any atom is 0.218 e. The summed E-state index contributed by atoms with van der Waals surface area (Å²) in [7, 11) is 3.20. The van der Waals surface area contributed by atoms with Gasteiger partial charge < -0.3 is 14.2 Å². The van der Waals surface area contributed by atoms with E-state index < -0.39 is 0 Å². The third-order valence-electron chi connectivity index (χ3n) is 2.51. The number of rotatable bonds is 6. The Morgan fingerprint density at radius 1 is 1.10 bits per heavy atom. The van der Waals surface area contributed by atoms with E-state index in [1.807, 2.05) is 24.3 Å². The van der Waals surface area contributed by atoms with Crippen LogP contribution in [0.3, 0.4) is 0 Å². The van der Waals surface area contributed by atoms with Crippen molar-refractivity contribution in [3.05, 3.63) is 46.9 Å². The number of aromatic nitrogens is 2. The van der Waals surface area contributed by atoms with Gasteiger partial charge in [-0.25, -0.2) is 4.98 Å². The summed E-state index contributed by atoms with van der Waals surface area (Å²) in [5, 5.41) is 0.327. The molecule has 2 rings (SSSR count). The van der Waals surface area contributed by atoms with Crippen molar-refractivity contribution in [2.75, 3.05) is 14.2 Å². The highest BCUT2D eigenvalue weighted by Crippen LogP contribution is 2.17. The highest BCUT2D eigenvalue weighted by atomic mass is 35.5. The quantitative estimate of drug-likeness (QED) is 0.767. The van der Waals surface area contributed by atoms with Gasteiger partial charge in [0.1, 0.15) is 24.1 Å². The molecule has 6 heteroatoms. The van der Waals surface area contributed by atoms with E-state index in [-0.39, 0.29) is 6.61 Å². The van der Waals surface area contributed by atoms with Crippen LogP contribution in [0.15, 0.2) is 30.3 Å². The second kappa shape index (κ2) is 7.07. The minimum atomic E-state index is 0.288. The third-order valence-corrected chi connectivity index (χ3v) is 2.71. The van der Waals surface area contributed by atoms with Gasteiger partial charge in [0, 0.05) is 13.2 Å². The zero-order chi connectivity index (χ0) is 14.4. The number of methoxy groups -OCH3 is 2. The lowest BCUT2D eigenvalue weighted by atomic mass is 10.2. The molecule has 20 heavy (non-hydrogen) atoms. The first kappa shape index (κ1) is 14.6. The molecule has 5 nitrogen and oxygen atoms in total. The van der Waals surface area contributed by atoms with E-state index in [1.165, 1.54) is 0 Å². The van der Waals surface area contributed by atoms with Gasteiger partial charge in [-0.15, -0.1) is 0 Å². The van der Waals surface area contributed by atoms with Crippen LogP contribution < -0.4 is 9.47 Å². The van der Waals surface area contributed by atoms with E-state index in [1.54, 1.807) is 20.3 Å². The molecular formula is C14H15ClN2O3. The molecule has 0 amide bonds. The molecule has 0 aliphatic rings. The molecule has 1 aromatic heterocycles. The highest BCUT2D eigenvalue weighted by Gasteiger charge is 2.05. The topological polar surface area (TPSA) is 53.5 Å². The molecule has 1 aromatic carbocycles. The Balaban J connectivity index is 2.06. The minimum Gasteiger partial charge on any atom is -0.497 e. The Morgan fingerprint density at radius 2 is 1.95 bits per heavy atom. The van der Waals surface area contributed by atoms with E-state index in [9.17, 15) is 0 Å². The van der Waals surface area contributed by atoms with Gasteiger partial charge in [-0.05, 0) is 17.7 Å². The van der Waals surface area contributed by atoms with E-state index in [2.05, 4.69) is 9.97 Å². The standard InChI is InChI=1S/C14H15ClN2O3/c1-18-9-13-16-12(15)7-14(17-13)20-8-10-4-3-5-11(6-10)19-2/h3-7H,8-9H2,1-2H3. The zero-order valence-corrected chi connectivity index (χ0v) is 12.1. The third kappa shape index (κ3) is 4.08. The van der Waals surface area contributed by atoms with Crippen molar-refractivity contribution in [3.8, 4) is 11.6 Å². The van der Waals surface area contributed by atoms with Crippen LogP contribution in [0.2, 0.25) is 5.15 Å². The minimum absolute atomic E-state index is 0.288. The number of hydrogen-bond acceptors (Lipinski definition) is 5. The van der Waals surface area contributed by atoms with Crippen molar-refractivity contribution in [2.24, 2.45) is 0 Å². The Morgan fingerprint density at radius 3 is 2.70 bits per heavy atom. The van der Waals surface area contributed by atoms with Gasteiger partial charge in [-0.1, -0.05) is 23.7 Å². The van der Waals surface area contributed by atoms with Crippen molar-refractivity contribution in [2.45, 2.75) is 13.2 Å². The van der Waals surface area contributed by atoms with Gasteiger partial charge in [0.15, 0.2) is 5.82 Å². The van der Waals surface area contributed by atoms with Gasteiger partial charge in [0.25, 0.3) is 0 Å². The maximum absolute atomic E-state index is 5.91. The number of halogens is 1. The van der Waals surface area contributed by atoms with Crippen LogP contribution in [-0.4, -0.2) is 24.2 Å². The Bertz CT molecular complexity index is 578. The lowest BCUT2D eigenvalue weighted by Crippen LogP contribution is -2.02. The van der Waals surface area contributed by atoms with Gasteiger partial charge in [-0.2, -0.15) is 4.98 Å². The van der Waals surface area contributed by atoms with Crippen molar-refractivity contribution >= 4 is 11.6 Å². The summed E-state index contributed by atoms with van der Waals surface area (Å²) in [5.74, 6) is 1.69. The van der Waals surface area contributed by atoms with Crippen molar-refractivity contribution in [3.63, 3.8) is 0 Å². The molecule has 0 fully saturated rings. The second-order valence-electron chi connectivity index (χ2n) is 4.02. The summed E-state index contributed by atoms with van der Waals surface area (Å²) in [6.45, 7) is 0.660. The van der Waals surface area contributed by atoms with Crippen LogP contribution in [0.1, 0.15) is 11.4 Å². The molecule has 2 aromatic rings. The predicted octanol–water partition coefficient (Wildman–Crippen LogP) is 2.86. The second-order valence-corrected chi connectivity index (χ2v) is 4.41. The highest BCUT2D eigenvalue weighted by molar-refractivity contribution is 6.29. The van der Waals surface area contributed by atoms with Crippen molar-refractivity contribution < 1.29 is 14.2 Å². The molecule has 106 valence electrons. The number of nitrogens with zero attached hydrogens (tertiary/aromatic N) is 2. The van der Waals surface area contributed by atoms with E-state index >= 15 is 0 Å². The normalized spacial score (nSPS) is 10.3. The smallest absolute Gasteiger partial charge is 0.218 e. The van der Waals surface area contributed by atoms with E-state index in [4.69, 9.17) is 25.8 Å². The van der Waals surface area contributed by atoms with Crippen LogP contribution in [0.25, 0.3) is 0 Å². The first-order chi connectivity index (χ1) is 9.71. The van der Waals surface area contributed by atoms with Gasteiger partial charge >= 0.3 is 0 Å². The molecule has 0 saturated carbocycles. The molecule has 0 aliphatic carbocycles. The summed E-state index contributed by atoms with van der Waals surface area (Å²) < 4.78 is 15.7. The summed E-state index contributed by atoms with van der Waals surface area (Å²) in [4.78, 5) is 8.24. The molecule has 0 bridgehead atoms. The predicted molar refractivity (Wildman–Crippen MR) is 75.1 cm³/mol. The van der Waals surface area contributed by atoms with E-state index in [0.717, 1.165) is 11.3 Å². The molecule has 0 spiro atoms. The van der Waals surface area contributed by atoms with Crippen LogP contribution in [-0.2, 0) is 18.0 Å². The number of ether oxygens (including phenoxy) is 3.